The van der Waals surface area contributed by atoms with E-state index >= 15 is 0 Å². The molecule has 0 saturated heterocycles. The Morgan fingerprint density at radius 2 is 0.914 bits per heavy atom. The van der Waals surface area contributed by atoms with Gasteiger partial charge in [0.1, 0.15) is 22.3 Å². The SMILES string of the molecule is Cc1c(-c2ccc3oc4c(C)cccc4c3c2)cccc1-c1ccc2oc3c(C)cccc3c2c1. The van der Waals surface area contributed by atoms with Gasteiger partial charge in [-0.15, -0.1) is 0 Å². The molecule has 35 heavy (non-hydrogen) atoms. The van der Waals surface area contributed by atoms with Crippen molar-refractivity contribution in [2.75, 3.05) is 0 Å². The molecule has 0 amide bonds. The van der Waals surface area contributed by atoms with Crippen LogP contribution < -0.4 is 0 Å². The molecule has 5 aromatic carbocycles. The Morgan fingerprint density at radius 1 is 0.457 bits per heavy atom. The molecule has 0 bridgehead atoms. The van der Waals surface area contributed by atoms with Gasteiger partial charge in [-0.25, -0.2) is 0 Å². The number of rotatable bonds is 2. The average Bonchev–Trinajstić information content (AvgIpc) is 3.44. The van der Waals surface area contributed by atoms with Crippen LogP contribution in [0.2, 0.25) is 0 Å². The lowest BCUT2D eigenvalue weighted by Crippen LogP contribution is -1.88. The summed E-state index contributed by atoms with van der Waals surface area (Å²) in [6.45, 7) is 6.41. The molecule has 2 heteroatoms. The topological polar surface area (TPSA) is 26.3 Å². The van der Waals surface area contributed by atoms with Crippen LogP contribution in [0.5, 0.6) is 0 Å². The maximum Gasteiger partial charge on any atom is 0.138 e. The summed E-state index contributed by atoms with van der Waals surface area (Å²) < 4.78 is 12.3. The molecule has 0 fully saturated rings. The smallest absolute Gasteiger partial charge is 0.138 e. The molecule has 7 rings (SSSR count). The first-order valence-corrected chi connectivity index (χ1v) is 12.0. The maximum atomic E-state index is 6.17. The molecule has 2 heterocycles. The Bertz CT molecular complexity index is 1790. The van der Waals surface area contributed by atoms with Crippen LogP contribution in [0, 0.1) is 20.8 Å². The fourth-order valence-corrected chi connectivity index (χ4v) is 5.48. The second kappa shape index (κ2) is 7.35. The molecule has 0 atom stereocenters. The van der Waals surface area contributed by atoms with Crippen LogP contribution in [0.1, 0.15) is 16.7 Å². The molecule has 0 saturated carbocycles. The third kappa shape index (κ3) is 2.96. The summed E-state index contributed by atoms with van der Waals surface area (Å²) in [5, 5.41) is 4.66. The van der Waals surface area contributed by atoms with E-state index in [-0.39, 0.29) is 0 Å². The summed E-state index contributed by atoms with van der Waals surface area (Å²) in [5.41, 5.74) is 12.3. The largest absolute Gasteiger partial charge is 0.456 e. The first-order chi connectivity index (χ1) is 17.1. The molecule has 0 radical (unpaired) electrons. The van der Waals surface area contributed by atoms with Crippen molar-refractivity contribution >= 4 is 43.9 Å². The number of benzene rings is 5. The highest BCUT2D eigenvalue weighted by Gasteiger charge is 2.14. The Kier molecular flexibility index (Phi) is 4.22. The fraction of sp³-hybridized carbons (Fsp3) is 0.0909. The van der Waals surface area contributed by atoms with Gasteiger partial charge in [-0.1, -0.05) is 66.7 Å². The number of hydrogen-bond acceptors (Lipinski definition) is 2. The van der Waals surface area contributed by atoms with E-state index in [1.54, 1.807) is 0 Å². The number of hydrogen-bond donors (Lipinski definition) is 0. The van der Waals surface area contributed by atoms with Crippen molar-refractivity contribution in [1.82, 2.24) is 0 Å². The van der Waals surface area contributed by atoms with E-state index in [2.05, 4.69) is 112 Å². The Labute approximate surface area is 203 Å². The molecular formula is C33H24O2. The van der Waals surface area contributed by atoms with E-state index in [0.29, 0.717) is 0 Å². The number of furan rings is 2. The van der Waals surface area contributed by atoms with E-state index in [0.717, 1.165) is 44.2 Å². The monoisotopic (exact) mass is 452 g/mol. The van der Waals surface area contributed by atoms with Crippen LogP contribution >= 0.6 is 0 Å². The average molecular weight is 453 g/mol. The quantitative estimate of drug-likeness (QED) is 0.261. The van der Waals surface area contributed by atoms with Gasteiger partial charge in [0.2, 0.25) is 0 Å². The van der Waals surface area contributed by atoms with Crippen LogP contribution in [0.4, 0.5) is 0 Å². The lowest BCUT2D eigenvalue weighted by molar-refractivity contribution is 0.665. The molecule has 0 aliphatic heterocycles. The number of fused-ring (bicyclic) bond motifs is 6. The zero-order chi connectivity index (χ0) is 23.7. The molecule has 0 aliphatic carbocycles. The summed E-state index contributed by atoms with van der Waals surface area (Å²) in [6.07, 6.45) is 0. The van der Waals surface area contributed by atoms with E-state index < -0.39 is 0 Å². The van der Waals surface area contributed by atoms with E-state index in [1.165, 1.54) is 38.6 Å². The minimum Gasteiger partial charge on any atom is -0.456 e. The standard InChI is InChI=1S/C33H24O2/c1-19-7-4-11-26-28-17-22(13-15-30(28)34-32(19)26)24-9-6-10-25(21(24)3)23-14-16-31-29(18-23)27-12-5-8-20(2)33(27)35-31/h4-18H,1-3H3. The molecule has 168 valence electrons. The first kappa shape index (κ1) is 20.1. The maximum absolute atomic E-state index is 6.17. The third-order valence-electron chi connectivity index (χ3n) is 7.34. The van der Waals surface area contributed by atoms with E-state index in [9.17, 15) is 0 Å². The number of para-hydroxylation sites is 2. The van der Waals surface area contributed by atoms with Gasteiger partial charge < -0.3 is 8.83 Å². The van der Waals surface area contributed by atoms with Crippen molar-refractivity contribution in [2.45, 2.75) is 20.8 Å². The van der Waals surface area contributed by atoms with Crippen molar-refractivity contribution in [3.8, 4) is 22.3 Å². The van der Waals surface area contributed by atoms with Crippen LogP contribution in [0.3, 0.4) is 0 Å². The normalized spacial score (nSPS) is 11.9. The summed E-state index contributed by atoms with van der Waals surface area (Å²) in [5.74, 6) is 0. The summed E-state index contributed by atoms with van der Waals surface area (Å²) in [6, 6.07) is 32.3. The summed E-state index contributed by atoms with van der Waals surface area (Å²) in [7, 11) is 0. The zero-order valence-corrected chi connectivity index (χ0v) is 20.0. The molecule has 2 aromatic heterocycles. The van der Waals surface area contributed by atoms with Gasteiger partial charge in [-0.05, 0) is 84.0 Å². The third-order valence-corrected chi connectivity index (χ3v) is 7.34. The fourth-order valence-electron chi connectivity index (χ4n) is 5.48. The number of aryl methyl sites for hydroxylation is 2. The van der Waals surface area contributed by atoms with Crippen LogP contribution in [-0.2, 0) is 0 Å². The predicted octanol–water partition coefficient (Wildman–Crippen LogP) is 9.74. The van der Waals surface area contributed by atoms with Crippen molar-refractivity contribution in [3.63, 3.8) is 0 Å². The van der Waals surface area contributed by atoms with E-state index in [1.807, 2.05) is 0 Å². The second-order valence-corrected chi connectivity index (χ2v) is 9.51. The van der Waals surface area contributed by atoms with Crippen LogP contribution in [-0.4, -0.2) is 0 Å². The summed E-state index contributed by atoms with van der Waals surface area (Å²) >= 11 is 0. The van der Waals surface area contributed by atoms with Gasteiger partial charge in [0.05, 0.1) is 0 Å². The van der Waals surface area contributed by atoms with Gasteiger partial charge in [0.15, 0.2) is 0 Å². The summed E-state index contributed by atoms with van der Waals surface area (Å²) in [4.78, 5) is 0. The van der Waals surface area contributed by atoms with Gasteiger partial charge in [0, 0.05) is 21.5 Å². The minimum atomic E-state index is 0.930. The molecule has 0 spiro atoms. The lowest BCUT2D eigenvalue weighted by atomic mass is 9.91. The van der Waals surface area contributed by atoms with Crippen molar-refractivity contribution in [2.24, 2.45) is 0 Å². The highest BCUT2D eigenvalue weighted by molar-refractivity contribution is 6.08. The molecule has 0 unspecified atom stereocenters. The first-order valence-electron chi connectivity index (χ1n) is 12.0. The van der Waals surface area contributed by atoms with Gasteiger partial charge in [-0.2, -0.15) is 0 Å². The van der Waals surface area contributed by atoms with Crippen LogP contribution in [0.25, 0.3) is 66.1 Å². The lowest BCUT2D eigenvalue weighted by Gasteiger charge is -2.12. The highest BCUT2D eigenvalue weighted by atomic mass is 16.3. The predicted molar refractivity (Wildman–Crippen MR) is 146 cm³/mol. The molecule has 0 aliphatic rings. The highest BCUT2D eigenvalue weighted by Crippen LogP contribution is 2.38. The van der Waals surface area contributed by atoms with Gasteiger partial charge in [-0.3, -0.25) is 0 Å². The molecule has 2 nitrogen and oxygen atoms in total. The Hall–Kier alpha value is -4.30. The Morgan fingerprint density at radius 3 is 1.40 bits per heavy atom. The second-order valence-electron chi connectivity index (χ2n) is 9.51. The zero-order valence-electron chi connectivity index (χ0n) is 20.0. The minimum absolute atomic E-state index is 0.930. The van der Waals surface area contributed by atoms with Crippen molar-refractivity contribution in [3.05, 3.63) is 108 Å². The van der Waals surface area contributed by atoms with Crippen LogP contribution in [0.15, 0.2) is 99.8 Å². The van der Waals surface area contributed by atoms with Gasteiger partial charge >= 0.3 is 0 Å². The Balaban J connectivity index is 1.40. The van der Waals surface area contributed by atoms with Crippen molar-refractivity contribution < 1.29 is 8.83 Å². The molecule has 0 N–H and O–H groups in total. The molecule has 7 aromatic rings. The van der Waals surface area contributed by atoms with E-state index in [4.69, 9.17) is 8.83 Å². The van der Waals surface area contributed by atoms with Crippen molar-refractivity contribution in [1.29, 1.82) is 0 Å². The molecular weight excluding hydrogens is 428 g/mol. The van der Waals surface area contributed by atoms with Gasteiger partial charge in [0.25, 0.3) is 0 Å².